The van der Waals surface area contributed by atoms with Crippen LogP contribution in [0.3, 0.4) is 0 Å². The SMILES string of the molecule is Nc1ncccc1OCCCCC1CCOCC1. The topological polar surface area (TPSA) is 57.4 Å². The van der Waals surface area contributed by atoms with Gasteiger partial charge in [0.2, 0.25) is 0 Å². The predicted molar refractivity (Wildman–Crippen MR) is 71.5 cm³/mol. The molecular formula is C14H22N2O2. The van der Waals surface area contributed by atoms with Crippen LogP contribution in [0.1, 0.15) is 32.1 Å². The Balaban J connectivity index is 1.57. The lowest BCUT2D eigenvalue weighted by Gasteiger charge is -2.21. The third-order valence-corrected chi connectivity index (χ3v) is 3.40. The van der Waals surface area contributed by atoms with E-state index in [4.69, 9.17) is 15.2 Å². The van der Waals surface area contributed by atoms with Crippen molar-refractivity contribution < 1.29 is 9.47 Å². The summed E-state index contributed by atoms with van der Waals surface area (Å²) in [6.07, 6.45) is 7.69. The maximum atomic E-state index is 5.70. The lowest BCUT2D eigenvalue weighted by Crippen LogP contribution is -2.15. The van der Waals surface area contributed by atoms with Crippen LogP contribution in [-0.4, -0.2) is 24.8 Å². The lowest BCUT2D eigenvalue weighted by atomic mass is 9.94. The van der Waals surface area contributed by atoms with E-state index < -0.39 is 0 Å². The molecule has 1 aromatic heterocycles. The van der Waals surface area contributed by atoms with Crippen LogP contribution in [0.5, 0.6) is 5.75 Å². The van der Waals surface area contributed by atoms with Crippen LogP contribution in [0.2, 0.25) is 0 Å². The zero-order chi connectivity index (χ0) is 12.6. The van der Waals surface area contributed by atoms with Gasteiger partial charge in [-0.15, -0.1) is 0 Å². The van der Waals surface area contributed by atoms with Crippen molar-refractivity contribution in [2.45, 2.75) is 32.1 Å². The van der Waals surface area contributed by atoms with E-state index in [1.165, 1.54) is 25.7 Å². The van der Waals surface area contributed by atoms with Crippen molar-refractivity contribution in [3.05, 3.63) is 18.3 Å². The summed E-state index contributed by atoms with van der Waals surface area (Å²) in [4.78, 5) is 3.99. The van der Waals surface area contributed by atoms with Crippen LogP contribution in [0.4, 0.5) is 5.82 Å². The number of nitrogen functional groups attached to an aromatic ring is 1. The molecule has 2 N–H and O–H groups in total. The van der Waals surface area contributed by atoms with E-state index in [2.05, 4.69) is 4.98 Å². The van der Waals surface area contributed by atoms with E-state index in [0.29, 0.717) is 11.6 Å². The molecule has 0 spiro atoms. The Morgan fingerprint density at radius 1 is 1.33 bits per heavy atom. The van der Waals surface area contributed by atoms with Crippen molar-refractivity contribution in [1.82, 2.24) is 4.98 Å². The number of hydrogen-bond donors (Lipinski definition) is 1. The molecule has 0 saturated carbocycles. The van der Waals surface area contributed by atoms with Crippen molar-refractivity contribution in [3.8, 4) is 5.75 Å². The normalized spacial score (nSPS) is 16.7. The van der Waals surface area contributed by atoms with Gasteiger partial charge in [0.1, 0.15) is 0 Å². The molecule has 1 aromatic rings. The van der Waals surface area contributed by atoms with E-state index >= 15 is 0 Å². The average molecular weight is 250 g/mol. The molecule has 0 aliphatic carbocycles. The third kappa shape index (κ3) is 4.18. The molecule has 4 nitrogen and oxygen atoms in total. The van der Waals surface area contributed by atoms with Crippen LogP contribution in [0.15, 0.2) is 18.3 Å². The zero-order valence-electron chi connectivity index (χ0n) is 10.8. The molecule has 18 heavy (non-hydrogen) atoms. The number of pyridine rings is 1. The van der Waals surface area contributed by atoms with Crippen LogP contribution >= 0.6 is 0 Å². The first-order chi connectivity index (χ1) is 8.86. The fraction of sp³-hybridized carbons (Fsp3) is 0.643. The predicted octanol–water partition coefficient (Wildman–Crippen LogP) is 2.64. The minimum atomic E-state index is 0.474. The molecule has 4 heteroatoms. The third-order valence-electron chi connectivity index (χ3n) is 3.40. The number of aromatic nitrogens is 1. The van der Waals surface area contributed by atoms with Crippen LogP contribution in [0, 0.1) is 5.92 Å². The van der Waals surface area contributed by atoms with Crippen LogP contribution in [-0.2, 0) is 4.74 Å². The molecule has 100 valence electrons. The summed E-state index contributed by atoms with van der Waals surface area (Å²) < 4.78 is 11.0. The van der Waals surface area contributed by atoms with Gasteiger partial charge in [-0.25, -0.2) is 4.98 Å². The van der Waals surface area contributed by atoms with Crippen LogP contribution < -0.4 is 10.5 Å². The fourth-order valence-corrected chi connectivity index (χ4v) is 2.28. The molecule has 0 atom stereocenters. The Hall–Kier alpha value is -1.29. The van der Waals surface area contributed by atoms with E-state index in [-0.39, 0.29) is 0 Å². The van der Waals surface area contributed by atoms with Gasteiger partial charge in [-0.05, 0) is 43.7 Å². The Kier molecular flexibility index (Phi) is 5.27. The summed E-state index contributed by atoms with van der Waals surface area (Å²) in [5.41, 5.74) is 5.70. The lowest BCUT2D eigenvalue weighted by molar-refractivity contribution is 0.0628. The van der Waals surface area contributed by atoms with Crippen molar-refractivity contribution in [2.24, 2.45) is 5.92 Å². The molecule has 0 unspecified atom stereocenters. The Bertz CT molecular complexity index is 351. The highest BCUT2D eigenvalue weighted by molar-refractivity contribution is 5.44. The van der Waals surface area contributed by atoms with Crippen molar-refractivity contribution in [3.63, 3.8) is 0 Å². The molecule has 0 amide bonds. The largest absolute Gasteiger partial charge is 0.490 e. The molecule has 1 fully saturated rings. The Labute approximate surface area is 108 Å². The standard InChI is InChI=1S/C14H22N2O2/c15-14-13(5-3-8-16-14)18-9-2-1-4-12-6-10-17-11-7-12/h3,5,8,12H,1-2,4,6-7,9-11H2,(H2,15,16). The number of rotatable bonds is 6. The summed E-state index contributed by atoms with van der Waals surface area (Å²) in [7, 11) is 0. The maximum Gasteiger partial charge on any atom is 0.166 e. The summed E-state index contributed by atoms with van der Waals surface area (Å²) in [5, 5.41) is 0. The first-order valence-electron chi connectivity index (χ1n) is 6.77. The number of nitrogens with two attached hydrogens (primary N) is 1. The van der Waals surface area contributed by atoms with Crippen molar-refractivity contribution >= 4 is 5.82 Å². The highest BCUT2D eigenvalue weighted by atomic mass is 16.5. The minimum absolute atomic E-state index is 0.474. The van der Waals surface area contributed by atoms with Gasteiger partial charge >= 0.3 is 0 Å². The van der Waals surface area contributed by atoms with E-state index in [1.807, 2.05) is 12.1 Å². The summed E-state index contributed by atoms with van der Waals surface area (Å²) in [5.74, 6) is 2.02. The number of unbranched alkanes of at least 4 members (excludes halogenated alkanes) is 1. The van der Waals surface area contributed by atoms with Gasteiger partial charge in [-0.3, -0.25) is 0 Å². The molecule has 0 radical (unpaired) electrons. The smallest absolute Gasteiger partial charge is 0.166 e. The summed E-state index contributed by atoms with van der Waals surface area (Å²) in [6, 6.07) is 3.70. The number of ether oxygens (including phenoxy) is 2. The van der Waals surface area contributed by atoms with Gasteiger partial charge in [0, 0.05) is 19.4 Å². The Morgan fingerprint density at radius 2 is 2.17 bits per heavy atom. The first kappa shape index (κ1) is 13.1. The zero-order valence-corrected chi connectivity index (χ0v) is 10.8. The molecular weight excluding hydrogens is 228 g/mol. The fourth-order valence-electron chi connectivity index (χ4n) is 2.28. The van der Waals surface area contributed by atoms with E-state index in [9.17, 15) is 0 Å². The second kappa shape index (κ2) is 7.21. The van der Waals surface area contributed by atoms with E-state index in [0.717, 1.165) is 32.2 Å². The quantitative estimate of drug-likeness (QED) is 0.788. The van der Waals surface area contributed by atoms with Gasteiger partial charge in [0.15, 0.2) is 11.6 Å². The second-order valence-corrected chi connectivity index (χ2v) is 4.79. The molecule has 1 saturated heterocycles. The minimum Gasteiger partial charge on any atom is -0.490 e. The van der Waals surface area contributed by atoms with Gasteiger partial charge in [-0.2, -0.15) is 0 Å². The van der Waals surface area contributed by atoms with E-state index in [1.54, 1.807) is 6.20 Å². The van der Waals surface area contributed by atoms with Crippen LogP contribution in [0.25, 0.3) is 0 Å². The highest BCUT2D eigenvalue weighted by Gasteiger charge is 2.12. The first-order valence-corrected chi connectivity index (χ1v) is 6.77. The molecule has 1 aliphatic heterocycles. The number of hydrogen-bond acceptors (Lipinski definition) is 4. The molecule has 2 rings (SSSR count). The Morgan fingerprint density at radius 3 is 2.94 bits per heavy atom. The summed E-state index contributed by atoms with van der Waals surface area (Å²) in [6.45, 7) is 2.60. The van der Waals surface area contributed by atoms with Gasteiger partial charge < -0.3 is 15.2 Å². The average Bonchev–Trinajstić information content (AvgIpc) is 2.42. The molecule has 0 aromatic carbocycles. The number of anilines is 1. The molecule has 0 bridgehead atoms. The molecule has 2 heterocycles. The van der Waals surface area contributed by atoms with Gasteiger partial charge in [0.05, 0.1) is 6.61 Å². The second-order valence-electron chi connectivity index (χ2n) is 4.79. The molecule has 1 aliphatic rings. The summed E-state index contributed by atoms with van der Waals surface area (Å²) >= 11 is 0. The van der Waals surface area contributed by atoms with Crippen molar-refractivity contribution in [1.29, 1.82) is 0 Å². The van der Waals surface area contributed by atoms with Gasteiger partial charge in [-0.1, -0.05) is 6.42 Å². The van der Waals surface area contributed by atoms with Crippen molar-refractivity contribution in [2.75, 3.05) is 25.6 Å². The monoisotopic (exact) mass is 250 g/mol. The van der Waals surface area contributed by atoms with Gasteiger partial charge in [0.25, 0.3) is 0 Å². The maximum absolute atomic E-state index is 5.70. The number of nitrogens with zero attached hydrogens (tertiary/aromatic N) is 1. The highest BCUT2D eigenvalue weighted by Crippen LogP contribution is 2.21.